The van der Waals surface area contributed by atoms with Gasteiger partial charge in [-0.2, -0.15) is 5.26 Å². The first kappa shape index (κ1) is 27.0. The summed E-state index contributed by atoms with van der Waals surface area (Å²) in [6.07, 6.45) is 6.38. The molecule has 7 nitrogen and oxygen atoms in total. The lowest BCUT2D eigenvalue weighted by atomic mass is 10.0. The van der Waals surface area contributed by atoms with E-state index in [9.17, 15) is 14.9 Å². The molecule has 0 N–H and O–H groups in total. The number of unbranched alkanes of at least 4 members (excludes halogenated alkanes) is 1. The first-order chi connectivity index (χ1) is 17.9. The molecule has 0 bridgehead atoms. The first-order valence-corrected chi connectivity index (χ1v) is 13.9. The van der Waals surface area contributed by atoms with Crippen molar-refractivity contribution in [3.05, 3.63) is 61.8 Å². The van der Waals surface area contributed by atoms with Gasteiger partial charge in [0, 0.05) is 31.7 Å². The van der Waals surface area contributed by atoms with Crippen LogP contribution < -0.4 is 15.2 Å². The van der Waals surface area contributed by atoms with E-state index in [-0.39, 0.29) is 17.0 Å². The van der Waals surface area contributed by atoms with Crippen molar-refractivity contribution in [2.24, 2.45) is 0 Å². The van der Waals surface area contributed by atoms with Gasteiger partial charge >= 0.3 is 0 Å². The fraction of sp³-hybridized carbons (Fsp3) is 0.429. The molecular formula is C28H32N4O3S2. The van der Waals surface area contributed by atoms with Gasteiger partial charge in [0.05, 0.1) is 12.0 Å². The van der Waals surface area contributed by atoms with Crippen molar-refractivity contribution in [3.8, 4) is 11.8 Å². The summed E-state index contributed by atoms with van der Waals surface area (Å²) < 4.78 is 7.49. The number of rotatable bonds is 9. The fourth-order valence-corrected chi connectivity index (χ4v) is 6.08. The molecular weight excluding hydrogens is 504 g/mol. The predicted molar refractivity (Wildman–Crippen MR) is 153 cm³/mol. The molecule has 2 fully saturated rings. The van der Waals surface area contributed by atoms with Gasteiger partial charge in [-0.05, 0) is 61.9 Å². The molecule has 0 saturated carbocycles. The van der Waals surface area contributed by atoms with Crippen molar-refractivity contribution < 1.29 is 9.53 Å². The summed E-state index contributed by atoms with van der Waals surface area (Å²) in [6.45, 7) is 6.60. The molecule has 0 radical (unpaired) electrons. The number of ether oxygens (including phenoxy) is 1. The summed E-state index contributed by atoms with van der Waals surface area (Å²) in [5.74, 6) is 1.47. The maximum Gasteiger partial charge on any atom is 0.270 e. The van der Waals surface area contributed by atoms with E-state index < -0.39 is 0 Å². The van der Waals surface area contributed by atoms with Crippen LogP contribution in [0.2, 0.25) is 0 Å². The largest absolute Gasteiger partial charge is 0.497 e. The van der Waals surface area contributed by atoms with E-state index in [1.807, 2.05) is 30.3 Å². The third kappa shape index (κ3) is 5.60. The lowest BCUT2D eigenvalue weighted by molar-refractivity contribution is -0.122. The standard InChI is InChI=1S/C28H32N4O3S2/c1-4-5-15-31-25(30-13-6-7-14-30)22(19(2)23(18-29)26(31)33)17-24-27(34)32(28(36)37-24)16-12-20-8-10-21(35-3)11-9-20/h8-11,17H,4-7,12-16H2,1-3H3/b24-17-. The second-order valence-electron chi connectivity index (χ2n) is 9.29. The van der Waals surface area contributed by atoms with Gasteiger partial charge < -0.3 is 9.64 Å². The van der Waals surface area contributed by atoms with Crippen LogP contribution in [0.25, 0.3) is 6.08 Å². The SMILES string of the molecule is CCCCn1c(N2CCCC2)c(/C=C2\SC(=S)N(CCc3ccc(OC)cc3)C2=O)c(C)c(C#N)c1=O. The van der Waals surface area contributed by atoms with Gasteiger partial charge in [0.15, 0.2) is 0 Å². The van der Waals surface area contributed by atoms with Crippen LogP contribution in [0.4, 0.5) is 5.82 Å². The molecule has 1 aromatic heterocycles. The molecule has 4 rings (SSSR count). The molecule has 0 aliphatic carbocycles. The summed E-state index contributed by atoms with van der Waals surface area (Å²) in [5, 5.41) is 9.83. The summed E-state index contributed by atoms with van der Waals surface area (Å²) in [5.41, 5.74) is 2.36. The summed E-state index contributed by atoms with van der Waals surface area (Å²) in [6, 6.07) is 9.91. The van der Waals surface area contributed by atoms with Crippen molar-refractivity contribution in [2.45, 2.75) is 52.5 Å². The number of hydrogen-bond acceptors (Lipinski definition) is 7. The molecule has 194 valence electrons. The molecule has 2 aliphatic heterocycles. The van der Waals surface area contributed by atoms with Crippen molar-refractivity contribution in [1.82, 2.24) is 9.47 Å². The van der Waals surface area contributed by atoms with Crippen LogP contribution >= 0.6 is 24.0 Å². The van der Waals surface area contributed by atoms with E-state index in [1.54, 1.807) is 23.5 Å². The van der Waals surface area contributed by atoms with Crippen molar-refractivity contribution in [2.75, 3.05) is 31.6 Å². The number of hydrogen-bond donors (Lipinski definition) is 0. The van der Waals surface area contributed by atoms with Gasteiger partial charge in [0.2, 0.25) is 0 Å². The minimum Gasteiger partial charge on any atom is -0.497 e. The first-order valence-electron chi connectivity index (χ1n) is 12.7. The highest BCUT2D eigenvalue weighted by Crippen LogP contribution is 2.36. The van der Waals surface area contributed by atoms with Crippen LogP contribution in [0.1, 0.15) is 54.9 Å². The molecule has 37 heavy (non-hydrogen) atoms. The lowest BCUT2D eigenvalue weighted by Gasteiger charge is -2.27. The zero-order valence-electron chi connectivity index (χ0n) is 21.6. The monoisotopic (exact) mass is 536 g/mol. The number of methoxy groups -OCH3 is 1. The number of thiocarbonyl (C=S) groups is 1. The Morgan fingerprint density at radius 2 is 1.86 bits per heavy atom. The Morgan fingerprint density at radius 1 is 1.16 bits per heavy atom. The number of nitriles is 1. The number of anilines is 1. The molecule has 3 heterocycles. The molecule has 1 amide bonds. The van der Waals surface area contributed by atoms with Crippen molar-refractivity contribution in [3.63, 3.8) is 0 Å². The summed E-state index contributed by atoms with van der Waals surface area (Å²) in [4.78, 5) is 31.1. The smallest absolute Gasteiger partial charge is 0.270 e. The summed E-state index contributed by atoms with van der Waals surface area (Å²) in [7, 11) is 1.63. The number of pyridine rings is 1. The molecule has 2 aliphatic rings. The number of carbonyl (C=O) groups excluding carboxylic acids is 1. The van der Waals surface area contributed by atoms with E-state index in [1.165, 1.54) is 11.8 Å². The van der Waals surface area contributed by atoms with Crippen LogP contribution in [0.5, 0.6) is 5.75 Å². The van der Waals surface area contributed by atoms with Gasteiger partial charge in [-0.15, -0.1) is 0 Å². The van der Waals surface area contributed by atoms with E-state index in [2.05, 4.69) is 17.9 Å². The van der Waals surface area contributed by atoms with E-state index in [4.69, 9.17) is 17.0 Å². The molecule has 2 aromatic rings. The molecule has 1 aromatic carbocycles. The van der Waals surface area contributed by atoms with Crippen molar-refractivity contribution >= 4 is 46.1 Å². The lowest BCUT2D eigenvalue weighted by Crippen LogP contribution is -2.33. The van der Waals surface area contributed by atoms with Gasteiger partial charge in [0.1, 0.15) is 27.5 Å². The minimum absolute atomic E-state index is 0.139. The quantitative estimate of drug-likeness (QED) is 0.334. The highest BCUT2D eigenvalue weighted by atomic mass is 32.2. The van der Waals surface area contributed by atoms with Crippen LogP contribution in [-0.2, 0) is 17.8 Å². The number of nitrogens with zero attached hydrogens (tertiary/aromatic N) is 4. The second-order valence-corrected chi connectivity index (χ2v) is 11.0. The van der Waals surface area contributed by atoms with Gasteiger partial charge in [-0.25, -0.2) is 0 Å². The molecule has 0 spiro atoms. The molecule has 0 unspecified atom stereocenters. The predicted octanol–water partition coefficient (Wildman–Crippen LogP) is 4.88. The maximum atomic E-state index is 13.4. The topological polar surface area (TPSA) is 78.6 Å². The highest BCUT2D eigenvalue weighted by Gasteiger charge is 2.33. The average Bonchev–Trinajstić information content (AvgIpc) is 3.52. The summed E-state index contributed by atoms with van der Waals surface area (Å²) >= 11 is 6.86. The Kier molecular flexibility index (Phi) is 8.72. The number of amides is 1. The Morgan fingerprint density at radius 3 is 2.49 bits per heavy atom. The highest BCUT2D eigenvalue weighted by molar-refractivity contribution is 8.26. The van der Waals surface area contributed by atoms with Gasteiger partial charge in [-0.3, -0.25) is 19.1 Å². The Balaban J connectivity index is 1.70. The number of carbonyl (C=O) groups is 1. The Labute approximate surface area is 227 Å². The van der Waals surface area contributed by atoms with Crippen LogP contribution in [0.15, 0.2) is 34.0 Å². The second kappa shape index (κ2) is 12.0. The fourth-order valence-electron chi connectivity index (χ4n) is 4.79. The zero-order valence-corrected chi connectivity index (χ0v) is 23.2. The zero-order chi connectivity index (χ0) is 26.5. The minimum atomic E-state index is -0.250. The normalized spacial score (nSPS) is 16.6. The average molecular weight is 537 g/mol. The van der Waals surface area contributed by atoms with Crippen LogP contribution in [0, 0.1) is 18.3 Å². The van der Waals surface area contributed by atoms with Crippen LogP contribution in [0.3, 0.4) is 0 Å². The molecule has 9 heteroatoms. The molecule has 0 atom stereocenters. The van der Waals surface area contributed by atoms with Crippen LogP contribution in [-0.4, -0.2) is 46.4 Å². The van der Waals surface area contributed by atoms with Gasteiger partial charge in [-0.1, -0.05) is 49.5 Å². The third-order valence-electron chi connectivity index (χ3n) is 6.92. The number of aromatic nitrogens is 1. The van der Waals surface area contributed by atoms with Gasteiger partial charge in [0.25, 0.3) is 11.5 Å². The van der Waals surface area contributed by atoms with Crippen molar-refractivity contribution in [1.29, 1.82) is 5.26 Å². The number of benzene rings is 1. The van der Waals surface area contributed by atoms with E-state index in [0.29, 0.717) is 34.3 Å². The molecule has 2 saturated heterocycles. The third-order valence-corrected chi connectivity index (χ3v) is 8.30. The van der Waals surface area contributed by atoms with E-state index >= 15 is 0 Å². The number of thioether (sulfide) groups is 1. The Hall–Kier alpha value is -3.09. The maximum absolute atomic E-state index is 13.4. The van der Waals surface area contributed by atoms with E-state index in [0.717, 1.165) is 61.5 Å². The Bertz CT molecular complexity index is 1320.